The predicted octanol–water partition coefficient (Wildman–Crippen LogP) is 9.25. The Labute approximate surface area is 724 Å². The Bertz CT molecular complexity index is 5040. The van der Waals surface area contributed by atoms with Crippen LogP contribution in [-0.4, -0.2) is 193 Å². The molecule has 5 aliphatic heterocycles. The Hall–Kier alpha value is -10.6. The Morgan fingerprint density at radius 3 is 1.11 bits per heavy atom. The number of ether oxygens (including phenoxy) is 5. The van der Waals surface area contributed by atoms with Crippen LogP contribution in [0.4, 0.5) is 0 Å². The maximum absolute atomic E-state index is 12.4. The van der Waals surface area contributed by atoms with Gasteiger partial charge in [-0.3, -0.25) is 77.9 Å². The van der Waals surface area contributed by atoms with Gasteiger partial charge in [0.2, 0.25) is 47.3 Å². The van der Waals surface area contributed by atoms with Gasteiger partial charge in [-0.25, -0.2) is 19.2 Å². The van der Waals surface area contributed by atoms with E-state index in [0.717, 1.165) is 137 Å². The average molecular weight is 1780 g/mol. The number of nitrogens with one attached hydrogen (secondary N) is 8. The van der Waals surface area contributed by atoms with E-state index < -0.39 is 47.8 Å². The molecule has 13 rings (SSSR count). The number of amides is 8. The van der Waals surface area contributed by atoms with E-state index in [1.807, 2.05) is 36.4 Å². The van der Waals surface area contributed by atoms with Crippen molar-refractivity contribution in [1.29, 1.82) is 0 Å². The number of aldehydes is 1. The van der Waals surface area contributed by atoms with E-state index in [1.54, 1.807) is 36.4 Å². The molecule has 35 heteroatoms. The number of hydrogen-bond acceptors (Lipinski definition) is 22. The SMILES string of the molecule is C.C.C.C.C#CCOCCCCCO.C1CCOC1.N.O=C1CCC(n2c(=O)[nH]c3cc(Br)ccc32)C(=O)N1.O=C1CCC(n2c(=O)[nH]c3cc(C#CCOCCCCCO)ccc32)C(=O)N1.O=C1CCC(n2c(=O)[nH]c3cc(CCCOCCCCCO)ccc32)C(=O)N1.O=CCCCCOCCCc1ccc2c(c1)[nH]c(=O)n2C1CCC(=O)NC1=O. The minimum absolute atomic E-state index is 0. The number of fused-ring (bicyclic) bond motifs is 4. The third kappa shape index (κ3) is 33.6. The highest BCUT2D eigenvalue weighted by Crippen LogP contribution is 2.28. The van der Waals surface area contributed by atoms with Crippen LogP contribution >= 0.6 is 15.9 Å². The summed E-state index contributed by atoms with van der Waals surface area (Å²) in [4.78, 5) is 164. The number of hydrogen-bond donors (Lipinski definition) is 12. The van der Waals surface area contributed by atoms with Gasteiger partial charge < -0.3 is 69.9 Å². The summed E-state index contributed by atoms with van der Waals surface area (Å²) in [6.07, 6.45) is 24.6. The summed E-state index contributed by atoms with van der Waals surface area (Å²) < 4.78 is 33.1. The van der Waals surface area contributed by atoms with Gasteiger partial charge in [-0.15, -0.1) is 6.42 Å². The summed E-state index contributed by atoms with van der Waals surface area (Å²) in [5, 5.41) is 35.0. The number of benzene rings is 4. The van der Waals surface area contributed by atoms with Crippen molar-refractivity contribution in [3.63, 3.8) is 0 Å². The fourth-order valence-corrected chi connectivity index (χ4v) is 14.1. The van der Waals surface area contributed by atoms with Gasteiger partial charge in [-0.2, -0.15) is 0 Å². The number of halogens is 1. The molecule has 0 radical (unpaired) electrons. The lowest BCUT2D eigenvalue weighted by Gasteiger charge is -2.21. The largest absolute Gasteiger partial charge is 0.396 e. The van der Waals surface area contributed by atoms with Crippen LogP contribution in [0, 0.1) is 24.2 Å². The number of piperidine rings is 4. The van der Waals surface area contributed by atoms with Crippen molar-refractivity contribution in [2.24, 2.45) is 0 Å². The molecule has 4 aromatic heterocycles. The Morgan fingerprint density at radius 2 is 0.756 bits per heavy atom. The molecule has 8 aromatic rings. The van der Waals surface area contributed by atoms with Crippen LogP contribution in [0.1, 0.15) is 225 Å². The van der Waals surface area contributed by atoms with Crippen molar-refractivity contribution in [1.82, 2.24) is 65.6 Å². The molecule has 5 saturated heterocycles. The van der Waals surface area contributed by atoms with Gasteiger partial charge in [-0.05, 0) is 207 Å². The lowest BCUT2D eigenvalue weighted by atomic mass is 10.1. The molecule has 0 saturated carbocycles. The van der Waals surface area contributed by atoms with Gasteiger partial charge >= 0.3 is 22.8 Å². The molecule has 34 nitrogen and oxygen atoms in total. The number of aliphatic hydroxyl groups excluding tert-OH is 3. The standard InChI is InChI=1S/C20H27N3O5.C20H25N3O5.C20H23N3O5.C12H10BrN3O3.C8H14O2.C4H8O.4CH4.H3N/c3*24-10-2-1-3-11-28-12-4-5-14-6-7-16-15(13-14)21-20(27)23(16)17-8-9-18(25)22-19(17)26;13-6-1-2-8-7(5-6)14-12(19)16(8)9-3-4-10(17)15-11(9)18;1-2-7-10-8-5-3-4-6-9;1-2-4-5-3-1;;;;;/h6-7,13,17,24H,1-5,8-12H2,(H,21,27)(H,22,25,26);6-7,10,13,17H,1-5,8-9,11-12H2,(H,21,27)(H,22,25,26);6-7,13,17,24H,1-3,8-12H2,(H,21,27)(H,22,25,26);1-2,5,9H,3-4H2,(H,14,19)(H,15,17,18);1,9H,3-8H2;1-4H2;4*1H4;1H3. The van der Waals surface area contributed by atoms with Gasteiger partial charge in [-0.1, -0.05) is 75.5 Å². The number of carbonyl (C=O) groups excluding carboxylic acids is 9. The fraction of sp³-hybridized carbons (Fsp3) is 0.534. The number of aromatic nitrogens is 8. The molecule has 14 N–H and O–H groups in total. The molecular weight excluding hydrogens is 1650 g/mol. The molecule has 4 atom stereocenters. The molecule has 5 aliphatic rings. The molecule has 123 heavy (non-hydrogen) atoms. The highest BCUT2D eigenvalue weighted by atomic mass is 79.9. The number of rotatable bonds is 34. The van der Waals surface area contributed by atoms with Crippen molar-refractivity contribution in [2.45, 2.75) is 221 Å². The Morgan fingerprint density at radius 1 is 0.423 bits per heavy atom. The first-order valence-electron chi connectivity index (χ1n) is 40.3. The molecule has 5 fully saturated rings. The topological polar surface area (TPSA) is 495 Å². The van der Waals surface area contributed by atoms with E-state index in [0.29, 0.717) is 129 Å². The van der Waals surface area contributed by atoms with E-state index in [-0.39, 0.29) is 128 Å². The average Bonchev–Trinajstić information content (AvgIpc) is 1.64. The zero-order valence-electron chi connectivity index (χ0n) is 67.0. The normalized spacial score (nSPS) is 16.4. The first kappa shape index (κ1) is 107. The first-order chi connectivity index (χ1) is 57.3. The van der Waals surface area contributed by atoms with E-state index in [1.165, 1.54) is 31.1 Å². The molecule has 0 bridgehead atoms. The monoisotopic (exact) mass is 1780 g/mol. The Kier molecular flexibility index (Phi) is 50.0. The quantitative estimate of drug-likeness (QED) is 0.00773. The van der Waals surface area contributed by atoms with Crippen molar-refractivity contribution < 1.29 is 82.2 Å². The van der Waals surface area contributed by atoms with E-state index >= 15 is 0 Å². The van der Waals surface area contributed by atoms with E-state index in [9.17, 15) is 62.3 Å². The van der Waals surface area contributed by atoms with Gasteiger partial charge in [0, 0.05) is 115 Å². The van der Waals surface area contributed by atoms with Crippen LogP contribution in [0.5, 0.6) is 0 Å². The third-order valence-corrected chi connectivity index (χ3v) is 20.2. The van der Waals surface area contributed by atoms with Crippen molar-refractivity contribution in [2.75, 3.05) is 85.9 Å². The van der Waals surface area contributed by atoms with Crippen LogP contribution in [0.15, 0.2) is 96.4 Å². The second-order valence-electron chi connectivity index (χ2n) is 28.5. The number of imide groups is 4. The van der Waals surface area contributed by atoms with Gasteiger partial charge in [0.25, 0.3) is 0 Å². The summed E-state index contributed by atoms with van der Waals surface area (Å²) in [6, 6.07) is 19.4. The van der Waals surface area contributed by atoms with Crippen molar-refractivity contribution in [3.8, 4) is 24.2 Å². The number of aryl methyl sites for hydroxylation is 2. The van der Waals surface area contributed by atoms with Crippen molar-refractivity contribution in [3.05, 3.63) is 136 Å². The number of terminal acetylenes is 1. The molecular formula is C88H126BrN13O21. The van der Waals surface area contributed by atoms with Crippen molar-refractivity contribution >= 4 is 114 Å². The lowest BCUT2D eigenvalue weighted by Crippen LogP contribution is -2.43. The summed E-state index contributed by atoms with van der Waals surface area (Å²) in [7, 11) is 0. The maximum atomic E-state index is 12.4. The summed E-state index contributed by atoms with van der Waals surface area (Å²) in [6.45, 7) is 7.43. The molecule has 0 aliphatic carbocycles. The highest BCUT2D eigenvalue weighted by Gasteiger charge is 2.34. The minimum atomic E-state index is -0.699. The Balaban J connectivity index is 0.000000397. The lowest BCUT2D eigenvalue weighted by molar-refractivity contribution is -0.137. The summed E-state index contributed by atoms with van der Waals surface area (Å²) >= 11 is 3.33. The van der Waals surface area contributed by atoms with E-state index in [4.69, 9.17) is 45.4 Å². The smallest absolute Gasteiger partial charge is 0.327 e. The van der Waals surface area contributed by atoms with Crippen LogP contribution < -0.4 is 50.2 Å². The molecule has 4 unspecified atom stereocenters. The zero-order chi connectivity index (χ0) is 84.6. The highest BCUT2D eigenvalue weighted by molar-refractivity contribution is 9.10. The summed E-state index contributed by atoms with van der Waals surface area (Å²) in [5.74, 6) is 5.34. The number of nitrogens with zero attached hydrogens (tertiary/aromatic N) is 4. The van der Waals surface area contributed by atoms with Gasteiger partial charge in [0.05, 0.1) is 44.1 Å². The van der Waals surface area contributed by atoms with Crippen LogP contribution in [0.3, 0.4) is 0 Å². The maximum Gasteiger partial charge on any atom is 0.327 e. The summed E-state index contributed by atoms with van der Waals surface area (Å²) in [5.41, 5.74) is 6.69. The van der Waals surface area contributed by atoms with E-state index in [2.05, 4.69) is 74.9 Å². The van der Waals surface area contributed by atoms with Crippen LogP contribution in [-0.2, 0) is 79.7 Å². The number of carbonyl (C=O) groups is 9. The number of aliphatic hydroxyl groups is 3. The van der Waals surface area contributed by atoms with Crippen LogP contribution in [0.25, 0.3) is 44.1 Å². The molecule has 9 heterocycles. The minimum Gasteiger partial charge on any atom is -0.396 e. The predicted molar refractivity (Wildman–Crippen MR) is 474 cm³/mol. The molecule has 676 valence electrons. The number of aromatic amines is 4. The number of imidazole rings is 4. The van der Waals surface area contributed by atoms with Crippen LogP contribution in [0.2, 0.25) is 0 Å². The zero-order valence-corrected chi connectivity index (χ0v) is 68.6. The van der Waals surface area contributed by atoms with Gasteiger partial charge in [0.15, 0.2) is 0 Å². The third-order valence-electron chi connectivity index (χ3n) is 19.7. The second-order valence-corrected chi connectivity index (χ2v) is 29.5. The molecule has 0 spiro atoms. The number of unbranched alkanes of at least 4 members (excludes halogenated alkanes) is 8. The second kappa shape index (κ2) is 57.7. The molecule has 8 amide bonds. The fourth-order valence-electron chi connectivity index (χ4n) is 13.7. The number of H-pyrrole nitrogens is 4. The van der Waals surface area contributed by atoms with Gasteiger partial charge in [0.1, 0.15) is 43.7 Å². The molecule has 4 aromatic carbocycles. The first-order valence-corrected chi connectivity index (χ1v) is 41.1.